The molecule has 1 aromatic rings. The largest absolute Gasteiger partial charge is 0.481 e. The van der Waals surface area contributed by atoms with Crippen LogP contribution in [0.1, 0.15) is 59.2 Å². The van der Waals surface area contributed by atoms with Crippen molar-refractivity contribution in [2.75, 3.05) is 6.61 Å². The average molecular weight is 284 g/mol. The van der Waals surface area contributed by atoms with E-state index in [9.17, 15) is 4.79 Å². The van der Waals surface area contributed by atoms with E-state index < -0.39 is 17.0 Å². The highest BCUT2D eigenvalue weighted by Gasteiger charge is 2.32. The maximum atomic E-state index is 10.8. The van der Waals surface area contributed by atoms with Gasteiger partial charge >= 0.3 is 5.97 Å². The van der Waals surface area contributed by atoms with Crippen LogP contribution >= 0.6 is 0 Å². The molecule has 0 amide bonds. The van der Waals surface area contributed by atoms with E-state index in [0.717, 1.165) is 6.42 Å². The van der Waals surface area contributed by atoms with E-state index in [1.807, 2.05) is 34.6 Å². The van der Waals surface area contributed by atoms with E-state index in [0.29, 0.717) is 24.7 Å². The fourth-order valence-electron chi connectivity index (χ4n) is 2.07. The summed E-state index contributed by atoms with van der Waals surface area (Å²) in [6.45, 7) is 10.1. The normalized spacial score (nSPS) is 15.1. The first-order chi connectivity index (χ1) is 9.22. The smallest absolute Gasteiger partial charge is 0.303 e. The molecule has 1 atom stereocenters. The van der Waals surface area contributed by atoms with E-state index in [1.54, 1.807) is 0 Å². The number of hydrogen-bond donors (Lipinski definition) is 1. The number of carboxylic acids is 1. The van der Waals surface area contributed by atoms with Crippen molar-refractivity contribution in [3.8, 4) is 0 Å². The number of rotatable bonds is 8. The van der Waals surface area contributed by atoms with Crippen LogP contribution < -0.4 is 0 Å². The summed E-state index contributed by atoms with van der Waals surface area (Å²) in [6.07, 6.45) is 1.22. The summed E-state index contributed by atoms with van der Waals surface area (Å²) in [5.41, 5.74) is -0.989. The first kappa shape index (κ1) is 16.6. The maximum Gasteiger partial charge on any atom is 0.303 e. The van der Waals surface area contributed by atoms with Crippen LogP contribution in [-0.2, 0) is 21.6 Å². The van der Waals surface area contributed by atoms with Gasteiger partial charge in [-0.25, -0.2) is 0 Å². The molecule has 114 valence electrons. The minimum Gasteiger partial charge on any atom is -0.481 e. The zero-order valence-corrected chi connectivity index (χ0v) is 12.9. The Kier molecular flexibility index (Phi) is 5.28. The van der Waals surface area contributed by atoms with Gasteiger partial charge in [0.1, 0.15) is 5.60 Å². The summed E-state index contributed by atoms with van der Waals surface area (Å²) < 4.78 is 10.9. The SMILES string of the molecule is CCOC(C)(CC)c1noc(CC(C)(C)CC(=O)O)n1. The molecular formula is C14H24N2O4. The molecular weight excluding hydrogens is 260 g/mol. The summed E-state index contributed by atoms with van der Waals surface area (Å²) in [6, 6.07) is 0. The average Bonchev–Trinajstić information content (AvgIpc) is 2.75. The fourth-order valence-corrected chi connectivity index (χ4v) is 2.07. The molecule has 1 unspecified atom stereocenters. The van der Waals surface area contributed by atoms with E-state index >= 15 is 0 Å². The number of carbonyl (C=O) groups is 1. The van der Waals surface area contributed by atoms with Crippen LogP contribution in [0, 0.1) is 5.41 Å². The molecule has 0 radical (unpaired) electrons. The first-order valence-electron chi connectivity index (χ1n) is 6.91. The highest BCUT2D eigenvalue weighted by atomic mass is 16.5. The lowest BCUT2D eigenvalue weighted by atomic mass is 9.86. The molecule has 6 nitrogen and oxygen atoms in total. The summed E-state index contributed by atoms with van der Waals surface area (Å²) >= 11 is 0. The molecule has 0 aliphatic carbocycles. The predicted molar refractivity (Wildman–Crippen MR) is 73.3 cm³/mol. The van der Waals surface area contributed by atoms with Gasteiger partial charge in [-0.15, -0.1) is 0 Å². The number of aromatic nitrogens is 2. The Balaban J connectivity index is 2.84. The van der Waals surface area contributed by atoms with Gasteiger partial charge in [0.05, 0.1) is 6.42 Å². The van der Waals surface area contributed by atoms with Crippen LogP contribution in [0.25, 0.3) is 0 Å². The standard InChI is InChI=1S/C14H24N2O4/c1-6-14(5,19-7-2)12-15-10(20-16-12)8-13(3,4)9-11(17)18/h6-9H2,1-5H3,(H,17,18). The van der Waals surface area contributed by atoms with Crippen molar-refractivity contribution in [3.63, 3.8) is 0 Å². The maximum absolute atomic E-state index is 10.8. The second-order valence-corrected chi connectivity index (χ2v) is 5.94. The van der Waals surface area contributed by atoms with Gasteiger partial charge in [0.25, 0.3) is 0 Å². The number of carboxylic acid groups (broad SMARTS) is 1. The van der Waals surface area contributed by atoms with Crippen LogP contribution in [0.4, 0.5) is 0 Å². The highest BCUT2D eigenvalue weighted by molar-refractivity contribution is 5.67. The molecule has 1 rings (SSSR count). The Labute approximate surface area is 119 Å². The molecule has 0 aromatic carbocycles. The molecule has 0 bridgehead atoms. The Morgan fingerprint density at radius 1 is 1.35 bits per heavy atom. The minimum atomic E-state index is -0.831. The van der Waals surface area contributed by atoms with Gasteiger partial charge in [0.2, 0.25) is 11.7 Å². The van der Waals surface area contributed by atoms with Crippen LogP contribution in [0.15, 0.2) is 4.52 Å². The molecule has 0 aliphatic rings. The molecule has 0 spiro atoms. The molecule has 1 aromatic heterocycles. The fraction of sp³-hybridized carbons (Fsp3) is 0.786. The molecule has 1 N–H and O–H groups in total. The molecule has 0 saturated heterocycles. The van der Waals surface area contributed by atoms with Crippen LogP contribution in [0.2, 0.25) is 0 Å². The molecule has 0 aliphatic heterocycles. The number of ether oxygens (including phenoxy) is 1. The Morgan fingerprint density at radius 3 is 2.50 bits per heavy atom. The summed E-state index contributed by atoms with van der Waals surface area (Å²) in [5, 5.41) is 12.9. The van der Waals surface area contributed by atoms with Gasteiger partial charge in [0, 0.05) is 13.0 Å². The quantitative estimate of drug-likeness (QED) is 0.790. The van der Waals surface area contributed by atoms with Crippen molar-refractivity contribution in [2.45, 2.75) is 59.5 Å². The molecule has 6 heteroatoms. The topological polar surface area (TPSA) is 85.5 Å². The minimum absolute atomic E-state index is 0.0568. The van der Waals surface area contributed by atoms with Crippen molar-refractivity contribution in [3.05, 3.63) is 11.7 Å². The van der Waals surface area contributed by atoms with Crippen LogP contribution in [0.5, 0.6) is 0 Å². The summed E-state index contributed by atoms with van der Waals surface area (Å²) in [7, 11) is 0. The van der Waals surface area contributed by atoms with E-state index in [1.165, 1.54) is 0 Å². The molecule has 1 heterocycles. The van der Waals surface area contributed by atoms with Crippen LogP contribution in [0.3, 0.4) is 0 Å². The number of nitrogens with zero attached hydrogens (tertiary/aromatic N) is 2. The lowest BCUT2D eigenvalue weighted by Crippen LogP contribution is -2.27. The van der Waals surface area contributed by atoms with Gasteiger partial charge in [-0.3, -0.25) is 4.79 Å². The highest BCUT2D eigenvalue weighted by Crippen LogP contribution is 2.29. The molecule has 0 fully saturated rings. The van der Waals surface area contributed by atoms with Crippen molar-refractivity contribution >= 4 is 5.97 Å². The third kappa shape index (κ3) is 4.30. The number of hydrogen-bond acceptors (Lipinski definition) is 5. The monoisotopic (exact) mass is 284 g/mol. The zero-order chi connectivity index (χ0) is 15.4. The molecule has 0 saturated carbocycles. The van der Waals surface area contributed by atoms with E-state index in [2.05, 4.69) is 10.1 Å². The van der Waals surface area contributed by atoms with Crippen molar-refractivity contribution in [1.29, 1.82) is 0 Å². The zero-order valence-electron chi connectivity index (χ0n) is 12.9. The summed E-state index contributed by atoms with van der Waals surface area (Å²) in [5.74, 6) is 0.135. The van der Waals surface area contributed by atoms with Gasteiger partial charge in [-0.1, -0.05) is 25.9 Å². The van der Waals surface area contributed by atoms with Crippen molar-refractivity contribution in [1.82, 2.24) is 10.1 Å². The predicted octanol–water partition coefficient (Wildman–Crippen LogP) is 2.77. The first-order valence-corrected chi connectivity index (χ1v) is 6.91. The molecule has 20 heavy (non-hydrogen) atoms. The van der Waals surface area contributed by atoms with Crippen molar-refractivity contribution in [2.24, 2.45) is 5.41 Å². The van der Waals surface area contributed by atoms with E-state index in [4.69, 9.17) is 14.4 Å². The lowest BCUT2D eigenvalue weighted by Gasteiger charge is -2.24. The van der Waals surface area contributed by atoms with Crippen LogP contribution in [-0.4, -0.2) is 27.8 Å². The van der Waals surface area contributed by atoms with Gasteiger partial charge in [0.15, 0.2) is 0 Å². The Morgan fingerprint density at radius 2 is 2.00 bits per heavy atom. The third-order valence-corrected chi connectivity index (χ3v) is 3.34. The van der Waals surface area contributed by atoms with Gasteiger partial charge in [-0.05, 0) is 25.7 Å². The second kappa shape index (κ2) is 6.35. The summed E-state index contributed by atoms with van der Waals surface area (Å²) in [4.78, 5) is 15.2. The lowest BCUT2D eigenvalue weighted by molar-refractivity contribution is -0.139. The second-order valence-electron chi connectivity index (χ2n) is 5.94. The van der Waals surface area contributed by atoms with Gasteiger partial charge < -0.3 is 14.4 Å². The number of aliphatic carboxylic acids is 1. The third-order valence-electron chi connectivity index (χ3n) is 3.34. The van der Waals surface area contributed by atoms with Crippen molar-refractivity contribution < 1.29 is 19.2 Å². The van der Waals surface area contributed by atoms with Gasteiger partial charge in [-0.2, -0.15) is 4.98 Å². The Bertz CT molecular complexity index is 456. The Hall–Kier alpha value is -1.43. The van der Waals surface area contributed by atoms with E-state index in [-0.39, 0.29) is 6.42 Å².